The number of hydrogen-bond acceptors (Lipinski definition) is 0. The first-order valence-corrected chi connectivity index (χ1v) is 6.84. The second-order valence-corrected chi connectivity index (χ2v) is 3.74. The maximum absolute atomic E-state index is 4.86. The van der Waals surface area contributed by atoms with Crippen LogP contribution in [0.5, 0.6) is 0 Å². The van der Waals surface area contributed by atoms with Gasteiger partial charge in [-0.2, -0.15) is 0 Å². The first-order valence-electron chi connectivity index (χ1n) is 2.99. The maximum Gasteiger partial charge on any atom is -0.800 e. The minimum absolute atomic E-state index is 0.368. The Kier molecular flexibility index (Phi) is 11.7. The zero-order valence-electron chi connectivity index (χ0n) is 6.36. The zero-order valence-corrected chi connectivity index (χ0v) is 9.27. The molecule has 0 nitrogen and oxygen atoms in total. The summed E-state index contributed by atoms with van der Waals surface area (Å²) in [6.07, 6.45) is 0. The van der Waals surface area contributed by atoms with Crippen LogP contribution in [0.15, 0.2) is 12.1 Å². The molecule has 2 rings (SSSR count). The van der Waals surface area contributed by atoms with Crippen LogP contribution in [-0.2, 0) is 14.4 Å². The molecule has 0 amide bonds. The standard InChI is InChI=1S/2C5H.2ClH.V/c2*1-2-4-5-3-1;;;/h2*1H;2*1H;/q2*-5;;;+2/p-2. The molecule has 0 fully saturated rings. The molecular weight excluding hydrogens is 242 g/mol. The van der Waals surface area contributed by atoms with E-state index in [-0.39, 0.29) is 14.4 Å². The molecule has 0 spiro atoms. The Labute approximate surface area is 94.5 Å². The Hall–Kier alpha value is -0.136. The van der Waals surface area contributed by atoms with E-state index in [4.69, 9.17) is 19.7 Å². The summed E-state index contributed by atoms with van der Waals surface area (Å²) in [5, 5.41) is 0. The second-order valence-electron chi connectivity index (χ2n) is 1.43. The van der Waals surface area contributed by atoms with Gasteiger partial charge >= 0.3 is 34.1 Å². The summed E-state index contributed by atoms with van der Waals surface area (Å²) < 4.78 is 0. The molecule has 2 aromatic carbocycles. The van der Waals surface area contributed by atoms with Crippen LogP contribution >= 0.6 is 19.7 Å². The van der Waals surface area contributed by atoms with Gasteiger partial charge in [-0.1, -0.05) is 0 Å². The minimum atomic E-state index is -0.368. The molecule has 0 heterocycles. The summed E-state index contributed by atoms with van der Waals surface area (Å²) in [6.45, 7) is 0. The monoisotopic (exact) mass is 243 g/mol. The third-order valence-corrected chi connectivity index (χ3v) is 0.702. The van der Waals surface area contributed by atoms with E-state index in [9.17, 15) is 0 Å². The van der Waals surface area contributed by atoms with Crippen LogP contribution in [0.4, 0.5) is 0 Å². The first-order chi connectivity index (χ1) is 6.41. The number of halogens is 2. The van der Waals surface area contributed by atoms with Crippen molar-refractivity contribution < 1.29 is 14.4 Å². The Morgan fingerprint density at radius 1 is 0.692 bits per heavy atom. The van der Waals surface area contributed by atoms with E-state index in [2.05, 4.69) is 48.5 Å². The van der Waals surface area contributed by atoms with Gasteiger partial charge < -0.3 is 60.7 Å². The fourth-order valence-corrected chi connectivity index (χ4v) is 0.361. The quantitative estimate of drug-likeness (QED) is 0.625. The molecule has 13 heavy (non-hydrogen) atoms. The molecule has 71 valence electrons. The SMILES string of the molecule is [Cl][V][Cl].[c-]1[c-][c-][cH-][c-]1.[c-]1[c-][c-][cH-][c-]1. The topological polar surface area (TPSA) is 0 Å². The van der Waals surface area contributed by atoms with E-state index in [0.717, 1.165) is 0 Å². The molecule has 0 bridgehead atoms. The Bertz CT molecular complexity index is 165. The first kappa shape index (κ1) is 12.9. The van der Waals surface area contributed by atoms with Crippen molar-refractivity contribution in [1.82, 2.24) is 0 Å². The van der Waals surface area contributed by atoms with Crippen molar-refractivity contribution in [2.24, 2.45) is 0 Å². The molecule has 0 N–H and O–H groups in total. The Morgan fingerprint density at radius 2 is 0.923 bits per heavy atom. The summed E-state index contributed by atoms with van der Waals surface area (Å²) in [5.74, 6) is 0. The van der Waals surface area contributed by atoms with Gasteiger partial charge in [0.15, 0.2) is 0 Å². The van der Waals surface area contributed by atoms with Gasteiger partial charge in [-0.15, -0.1) is 0 Å². The minimum Gasteiger partial charge on any atom is -0.999 e. The maximum atomic E-state index is 4.86. The predicted octanol–water partition coefficient (Wildman–Crippen LogP) is 2.59. The van der Waals surface area contributed by atoms with Gasteiger partial charge in [-0.3, -0.25) is 0 Å². The molecule has 3 heteroatoms. The van der Waals surface area contributed by atoms with Crippen LogP contribution in [0, 0.1) is 48.5 Å². The molecule has 0 saturated heterocycles. The van der Waals surface area contributed by atoms with Crippen molar-refractivity contribution in [3.63, 3.8) is 0 Å². The van der Waals surface area contributed by atoms with Gasteiger partial charge in [0, 0.05) is 0 Å². The molecule has 0 atom stereocenters. The summed E-state index contributed by atoms with van der Waals surface area (Å²) in [7, 11) is 9.72. The Balaban J connectivity index is 0.000000174. The van der Waals surface area contributed by atoms with E-state index in [1.54, 1.807) is 12.1 Å². The fourth-order valence-electron chi connectivity index (χ4n) is 0.361. The van der Waals surface area contributed by atoms with Gasteiger partial charge in [0.1, 0.15) is 0 Å². The third kappa shape index (κ3) is 11.9. The van der Waals surface area contributed by atoms with E-state index in [1.807, 2.05) is 0 Å². The summed E-state index contributed by atoms with van der Waals surface area (Å²) in [6, 6.07) is 24.0. The van der Waals surface area contributed by atoms with Crippen molar-refractivity contribution in [3.05, 3.63) is 60.7 Å². The van der Waals surface area contributed by atoms with Gasteiger partial charge in [0.25, 0.3) is 0 Å². The van der Waals surface area contributed by atoms with Crippen molar-refractivity contribution in [2.45, 2.75) is 0 Å². The molecule has 0 aliphatic heterocycles. The van der Waals surface area contributed by atoms with Crippen molar-refractivity contribution in [1.29, 1.82) is 0 Å². The summed E-state index contributed by atoms with van der Waals surface area (Å²) in [4.78, 5) is 0. The molecule has 0 radical (unpaired) electrons. The molecule has 0 saturated carbocycles. The van der Waals surface area contributed by atoms with Crippen LogP contribution in [0.25, 0.3) is 0 Å². The van der Waals surface area contributed by atoms with Gasteiger partial charge in [0.2, 0.25) is 0 Å². The van der Waals surface area contributed by atoms with E-state index >= 15 is 0 Å². The van der Waals surface area contributed by atoms with Crippen molar-refractivity contribution in [3.8, 4) is 0 Å². The average Bonchev–Trinajstić information content (AvgIpc) is 2.85. The van der Waals surface area contributed by atoms with Crippen molar-refractivity contribution in [2.75, 3.05) is 0 Å². The summed E-state index contributed by atoms with van der Waals surface area (Å²) >= 11 is -0.368. The molecular formula is C10H2Cl2V-10. The van der Waals surface area contributed by atoms with Crippen LogP contribution < -0.4 is 0 Å². The molecule has 0 aliphatic rings. The molecule has 2 aromatic rings. The molecule has 0 aromatic heterocycles. The predicted molar refractivity (Wildman–Crippen MR) is 46.5 cm³/mol. The zero-order chi connectivity index (χ0) is 9.78. The van der Waals surface area contributed by atoms with Crippen molar-refractivity contribution >= 4 is 19.7 Å². The van der Waals surface area contributed by atoms with Gasteiger partial charge in [-0.25, -0.2) is 0 Å². The van der Waals surface area contributed by atoms with Crippen LogP contribution in [0.1, 0.15) is 0 Å². The fraction of sp³-hybridized carbons (Fsp3) is 0. The van der Waals surface area contributed by atoms with Crippen LogP contribution in [-0.4, -0.2) is 0 Å². The molecule has 0 unspecified atom stereocenters. The van der Waals surface area contributed by atoms with Crippen LogP contribution in [0.3, 0.4) is 0 Å². The van der Waals surface area contributed by atoms with E-state index < -0.39 is 0 Å². The normalized spacial score (nSPS) is 7.23. The van der Waals surface area contributed by atoms with Gasteiger partial charge in [0.05, 0.1) is 0 Å². The van der Waals surface area contributed by atoms with Crippen LogP contribution in [0.2, 0.25) is 0 Å². The number of hydrogen-bond donors (Lipinski definition) is 0. The largest absolute Gasteiger partial charge is 0.999 e. The molecule has 0 aliphatic carbocycles. The number of rotatable bonds is 0. The third-order valence-electron chi connectivity index (χ3n) is 0.702. The van der Waals surface area contributed by atoms with E-state index in [0.29, 0.717) is 0 Å². The Morgan fingerprint density at radius 3 is 1.00 bits per heavy atom. The van der Waals surface area contributed by atoms with Gasteiger partial charge in [-0.05, 0) is 0 Å². The van der Waals surface area contributed by atoms with E-state index in [1.165, 1.54) is 0 Å². The second kappa shape index (κ2) is 11.9. The average molecular weight is 244 g/mol. The smallest absolute Gasteiger partial charge is 0.800 e. The summed E-state index contributed by atoms with van der Waals surface area (Å²) in [5.41, 5.74) is 0.